The largest absolute Gasteiger partial charge is 0.502 e. The van der Waals surface area contributed by atoms with Gasteiger partial charge in [-0.25, -0.2) is 13.2 Å². The third-order valence-corrected chi connectivity index (χ3v) is 3.78. The van der Waals surface area contributed by atoms with Crippen LogP contribution in [-0.2, 0) is 32.7 Å². The fourth-order valence-corrected chi connectivity index (χ4v) is 2.44. The van der Waals surface area contributed by atoms with Crippen LogP contribution >= 0.6 is 15.9 Å². The molecule has 0 fully saturated rings. The second-order valence-electron chi connectivity index (χ2n) is 4.65. The predicted molar refractivity (Wildman–Crippen MR) is 87.6 cm³/mol. The predicted octanol–water partition coefficient (Wildman–Crippen LogP) is 4.91. The molecule has 0 saturated heterocycles. The van der Waals surface area contributed by atoms with Crippen molar-refractivity contribution in [2.24, 2.45) is 0 Å². The average molecular weight is 474 g/mol. The first-order valence-corrected chi connectivity index (χ1v) is 7.51. The van der Waals surface area contributed by atoms with Crippen LogP contribution in [0.25, 0.3) is 5.70 Å². The van der Waals surface area contributed by atoms with Gasteiger partial charge in [-0.1, -0.05) is 35.5 Å². The molecule has 0 aromatic heterocycles. The molecule has 1 radical (unpaired) electrons. The van der Waals surface area contributed by atoms with Crippen molar-refractivity contribution in [1.82, 2.24) is 4.90 Å². The van der Waals surface area contributed by atoms with Crippen molar-refractivity contribution in [3.63, 3.8) is 0 Å². The molecule has 0 aliphatic carbocycles. The zero-order valence-electron chi connectivity index (χ0n) is 12.7. The number of hydrogen-bond donors (Lipinski definition) is 0. The van der Waals surface area contributed by atoms with Crippen molar-refractivity contribution in [3.8, 4) is 5.75 Å². The molecular formula is C17H14BrF3NOY-. The standard InChI is InChI=1S/C17H14BrF3NO.Y/c1-3-9-23-15-6-4-5-13(19)17(15)14-8-7-12(18)11(2)22(14)10-16(20)21;/h3-7,16H,1-2,9-10H2;/q-1;. The van der Waals surface area contributed by atoms with Crippen LogP contribution < -0.4 is 4.74 Å². The third-order valence-electron chi connectivity index (χ3n) is 3.10. The summed E-state index contributed by atoms with van der Waals surface area (Å²) in [6, 6.07) is 4.29. The summed E-state index contributed by atoms with van der Waals surface area (Å²) in [7, 11) is 0. The summed E-state index contributed by atoms with van der Waals surface area (Å²) in [4.78, 5) is 1.22. The molecule has 0 bridgehead atoms. The van der Waals surface area contributed by atoms with E-state index in [1.54, 1.807) is 6.07 Å². The van der Waals surface area contributed by atoms with E-state index in [0.29, 0.717) is 10.2 Å². The van der Waals surface area contributed by atoms with Crippen molar-refractivity contribution in [2.45, 2.75) is 6.43 Å². The Labute approximate surface area is 172 Å². The van der Waals surface area contributed by atoms with E-state index in [9.17, 15) is 13.2 Å². The minimum atomic E-state index is -2.62. The Balaban J connectivity index is 0.00000288. The molecule has 1 heterocycles. The smallest absolute Gasteiger partial charge is 0.256 e. The Morgan fingerprint density at radius 2 is 2.08 bits per heavy atom. The maximum atomic E-state index is 14.4. The van der Waals surface area contributed by atoms with Crippen LogP contribution in [0.5, 0.6) is 5.75 Å². The monoisotopic (exact) mass is 473 g/mol. The molecule has 125 valence electrons. The fraction of sp³-hybridized carbons (Fsp3) is 0.176. The number of alkyl halides is 2. The normalized spacial score (nSPS) is 14.0. The minimum absolute atomic E-state index is 0. The summed E-state index contributed by atoms with van der Waals surface area (Å²) >= 11 is 3.22. The van der Waals surface area contributed by atoms with Gasteiger partial charge in [-0.15, -0.1) is 15.9 Å². The van der Waals surface area contributed by atoms with Crippen LogP contribution in [-0.4, -0.2) is 24.5 Å². The molecule has 0 spiro atoms. The van der Waals surface area contributed by atoms with Crippen LogP contribution in [0.3, 0.4) is 0 Å². The van der Waals surface area contributed by atoms with Crippen LogP contribution in [0, 0.1) is 11.9 Å². The maximum Gasteiger partial charge on any atom is 0.256 e. The molecule has 1 aliphatic rings. The molecule has 0 unspecified atom stereocenters. The van der Waals surface area contributed by atoms with Crippen LogP contribution in [0.1, 0.15) is 5.56 Å². The summed E-state index contributed by atoms with van der Waals surface area (Å²) in [6.45, 7) is 6.84. The van der Waals surface area contributed by atoms with Crippen LogP contribution in [0.15, 0.2) is 53.7 Å². The van der Waals surface area contributed by atoms with Gasteiger partial charge in [0.15, 0.2) is 0 Å². The Kier molecular flexibility index (Phi) is 8.47. The maximum absolute atomic E-state index is 14.4. The van der Waals surface area contributed by atoms with Crippen molar-refractivity contribution >= 4 is 21.6 Å². The van der Waals surface area contributed by atoms with Gasteiger partial charge in [0.05, 0.1) is 18.1 Å². The molecule has 1 aromatic rings. The first kappa shape index (κ1) is 21.2. The van der Waals surface area contributed by atoms with E-state index in [4.69, 9.17) is 4.74 Å². The average Bonchev–Trinajstić information content (AvgIpc) is 2.50. The minimum Gasteiger partial charge on any atom is -0.502 e. The van der Waals surface area contributed by atoms with Gasteiger partial charge in [-0.05, 0) is 23.4 Å². The summed E-state index contributed by atoms with van der Waals surface area (Å²) in [5, 5.41) is 0. The number of nitrogens with zero attached hydrogens (tertiary/aromatic N) is 1. The van der Waals surface area contributed by atoms with Crippen molar-refractivity contribution < 1.29 is 50.6 Å². The van der Waals surface area contributed by atoms with E-state index in [1.807, 2.05) is 0 Å². The van der Waals surface area contributed by atoms with Gasteiger partial charge >= 0.3 is 0 Å². The molecule has 7 heteroatoms. The molecule has 24 heavy (non-hydrogen) atoms. The van der Waals surface area contributed by atoms with E-state index >= 15 is 0 Å². The number of allylic oxidation sites excluding steroid dienone is 3. The van der Waals surface area contributed by atoms with Crippen molar-refractivity contribution in [3.05, 3.63) is 71.1 Å². The van der Waals surface area contributed by atoms with Gasteiger partial charge in [-0.3, -0.25) is 0 Å². The second-order valence-corrected chi connectivity index (χ2v) is 5.50. The molecule has 0 N–H and O–H groups in total. The Morgan fingerprint density at radius 3 is 2.71 bits per heavy atom. The number of ether oxygens (including phenoxy) is 1. The van der Waals surface area contributed by atoms with Gasteiger partial charge in [0.25, 0.3) is 6.43 Å². The van der Waals surface area contributed by atoms with E-state index in [1.165, 1.54) is 29.2 Å². The quantitative estimate of drug-likeness (QED) is 0.430. The van der Waals surface area contributed by atoms with Gasteiger partial charge < -0.3 is 9.64 Å². The second kappa shape index (κ2) is 9.59. The van der Waals surface area contributed by atoms with E-state index < -0.39 is 18.8 Å². The van der Waals surface area contributed by atoms with E-state index in [-0.39, 0.29) is 56.3 Å². The molecule has 1 aromatic carbocycles. The number of benzene rings is 1. The number of hydrogen-bond acceptors (Lipinski definition) is 2. The van der Waals surface area contributed by atoms with Gasteiger partial charge in [-0.2, -0.15) is 12.2 Å². The Bertz CT molecular complexity index is 688. The van der Waals surface area contributed by atoms with Crippen LogP contribution in [0.4, 0.5) is 13.2 Å². The van der Waals surface area contributed by atoms with Gasteiger partial charge in [0, 0.05) is 32.7 Å². The molecular weight excluding hydrogens is 460 g/mol. The number of halogens is 4. The Hall–Kier alpha value is -0.846. The van der Waals surface area contributed by atoms with E-state index in [2.05, 4.69) is 35.2 Å². The molecule has 0 atom stereocenters. The molecule has 2 rings (SSSR count). The van der Waals surface area contributed by atoms with Gasteiger partial charge in [0.1, 0.15) is 6.61 Å². The van der Waals surface area contributed by atoms with Crippen molar-refractivity contribution in [1.29, 1.82) is 0 Å². The van der Waals surface area contributed by atoms with Crippen molar-refractivity contribution in [2.75, 3.05) is 13.2 Å². The van der Waals surface area contributed by atoms with E-state index in [0.717, 1.165) is 0 Å². The summed E-state index contributed by atoms with van der Waals surface area (Å²) in [5.74, 6) is -0.363. The van der Waals surface area contributed by atoms with Crippen LogP contribution in [0.2, 0.25) is 0 Å². The fourth-order valence-electron chi connectivity index (χ4n) is 2.11. The van der Waals surface area contributed by atoms with Gasteiger partial charge in [0.2, 0.25) is 0 Å². The summed E-state index contributed by atoms with van der Waals surface area (Å²) < 4.78 is 46.1. The molecule has 0 saturated carbocycles. The SMILES string of the molecule is C=CCOc1cccc(F)c1C1=[C-]C=C(Br)C(=C)N1CC(F)F.[Y]. The first-order valence-electron chi connectivity index (χ1n) is 6.72. The molecule has 2 nitrogen and oxygen atoms in total. The summed E-state index contributed by atoms with van der Waals surface area (Å²) in [6.07, 6.45) is 3.23. The first-order chi connectivity index (χ1) is 11.0. The number of rotatable bonds is 6. The zero-order chi connectivity index (χ0) is 17.0. The summed E-state index contributed by atoms with van der Waals surface area (Å²) in [5.41, 5.74) is 0.514. The zero-order valence-corrected chi connectivity index (χ0v) is 17.2. The topological polar surface area (TPSA) is 12.5 Å². The Morgan fingerprint density at radius 1 is 1.38 bits per heavy atom. The molecule has 1 aliphatic heterocycles. The molecule has 0 amide bonds. The third kappa shape index (κ3) is 4.84.